The van der Waals surface area contributed by atoms with Crippen LogP contribution in [0.15, 0.2) is 18.2 Å². The number of pyridine rings is 1. The summed E-state index contributed by atoms with van der Waals surface area (Å²) in [5, 5.41) is 3.18. The fourth-order valence-corrected chi connectivity index (χ4v) is 2.26. The third-order valence-corrected chi connectivity index (χ3v) is 3.12. The summed E-state index contributed by atoms with van der Waals surface area (Å²) in [5.41, 5.74) is 0. The maximum atomic E-state index is 12.9. The number of rotatable bonds is 5. The molecule has 1 saturated heterocycles. The molecule has 1 aromatic heterocycles. The van der Waals surface area contributed by atoms with Crippen LogP contribution in [0.2, 0.25) is 0 Å². The molecule has 2 heterocycles. The molecular formula is C13H20FN3. The van der Waals surface area contributed by atoms with Crippen molar-refractivity contribution in [1.82, 2.24) is 9.88 Å². The molecule has 4 heteroatoms. The molecular weight excluding hydrogens is 217 g/mol. The van der Waals surface area contributed by atoms with Gasteiger partial charge in [0.15, 0.2) is 0 Å². The van der Waals surface area contributed by atoms with E-state index in [2.05, 4.69) is 22.1 Å². The Morgan fingerprint density at radius 2 is 2.18 bits per heavy atom. The minimum absolute atomic E-state index is 0.429. The lowest BCUT2D eigenvalue weighted by Gasteiger charge is -2.20. The Kier molecular flexibility index (Phi) is 4.31. The van der Waals surface area contributed by atoms with Gasteiger partial charge in [-0.15, -0.1) is 0 Å². The molecule has 0 aliphatic carbocycles. The largest absolute Gasteiger partial charge is 0.370 e. The first-order valence-electron chi connectivity index (χ1n) is 6.33. The Bertz CT molecular complexity index is 350. The third kappa shape index (κ3) is 3.97. The highest BCUT2D eigenvalue weighted by Gasteiger charge is 2.14. The van der Waals surface area contributed by atoms with Crippen molar-refractivity contribution in [2.24, 2.45) is 5.92 Å². The molecule has 0 aromatic carbocycles. The predicted molar refractivity (Wildman–Crippen MR) is 67.5 cm³/mol. The van der Waals surface area contributed by atoms with Gasteiger partial charge in [0.2, 0.25) is 5.95 Å². The molecule has 0 radical (unpaired) electrons. The Morgan fingerprint density at radius 1 is 1.41 bits per heavy atom. The lowest BCUT2D eigenvalue weighted by molar-refractivity contribution is 0.294. The van der Waals surface area contributed by atoms with Crippen molar-refractivity contribution < 1.29 is 4.39 Å². The van der Waals surface area contributed by atoms with E-state index in [4.69, 9.17) is 0 Å². The van der Waals surface area contributed by atoms with Crippen LogP contribution in [-0.2, 0) is 0 Å². The zero-order valence-corrected chi connectivity index (χ0v) is 10.3. The first kappa shape index (κ1) is 12.3. The molecule has 1 aliphatic heterocycles. The van der Waals surface area contributed by atoms with E-state index in [0.717, 1.165) is 13.1 Å². The fraction of sp³-hybridized carbons (Fsp3) is 0.615. The summed E-state index contributed by atoms with van der Waals surface area (Å²) >= 11 is 0. The normalized spacial score (nSPS) is 18.2. The monoisotopic (exact) mass is 237 g/mol. The van der Waals surface area contributed by atoms with Gasteiger partial charge in [0.25, 0.3) is 0 Å². The number of likely N-dealkylation sites (tertiary alicyclic amines) is 1. The summed E-state index contributed by atoms with van der Waals surface area (Å²) in [7, 11) is 0. The van der Waals surface area contributed by atoms with Crippen molar-refractivity contribution >= 4 is 5.82 Å². The van der Waals surface area contributed by atoms with Crippen LogP contribution in [0.5, 0.6) is 0 Å². The highest BCUT2D eigenvalue weighted by molar-refractivity contribution is 5.33. The molecule has 1 unspecified atom stereocenters. The van der Waals surface area contributed by atoms with Gasteiger partial charge in [0, 0.05) is 13.1 Å². The van der Waals surface area contributed by atoms with Crippen LogP contribution in [0.3, 0.4) is 0 Å². The molecule has 2 rings (SSSR count). The van der Waals surface area contributed by atoms with Crippen LogP contribution >= 0.6 is 0 Å². The summed E-state index contributed by atoms with van der Waals surface area (Å²) in [4.78, 5) is 6.28. The average Bonchev–Trinajstić information content (AvgIpc) is 2.79. The van der Waals surface area contributed by atoms with Crippen LogP contribution < -0.4 is 5.32 Å². The third-order valence-electron chi connectivity index (χ3n) is 3.12. The van der Waals surface area contributed by atoms with Gasteiger partial charge in [-0.05, 0) is 44.0 Å². The standard InChI is InChI=1S/C13H20FN3/c1-11(10-17-7-2-3-8-17)9-15-13-6-4-5-12(14)16-13/h4-6,11H,2-3,7-10H2,1H3,(H,15,16). The second-order valence-electron chi connectivity index (χ2n) is 4.84. The molecule has 0 spiro atoms. The van der Waals surface area contributed by atoms with E-state index in [1.165, 1.54) is 32.0 Å². The zero-order chi connectivity index (χ0) is 12.1. The molecule has 0 saturated carbocycles. The van der Waals surface area contributed by atoms with Gasteiger partial charge in [0.05, 0.1) is 0 Å². The van der Waals surface area contributed by atoms with Crippen LogP contribution in [0.4, 0.5) is 10.2 Å². The number of nitrogens with zero attached hydrogens (tertiary/aromatic N) is 2. The van der Waals surface area contributed by atoms with E-state index < -0.39 is 5.95 Å². The number of anilines is 1. The number of aromatic nitrogens is 1. The van der Waals surface area contributed by atoms with Crippen molar-refractivity contribution in [2.75, 3.05) is 31.5 Å². The molecule has 17 heavy (non-hydrogen) atoms. The Balaban J connectivity index is 1.73. The number of nitrogens with one attached hydrogen (secondary N) is 1. The number of hydrogen-bond donors (Lipinski definition) is 1. The van der Waals surface area contributed by atoms with E-state index >= 15 is 0 Å². The maximum absolute atomic E-state index is 12.9. The van der Waals surface area contributed by atoms with E-state index in [1.807, 2.05) is 0 Å². The zero-order valence-electron chi connectivity index (χ0n) is 10.3. The number of hydrogen-bond acceptors (Lipinski definition) is 3. The van der Waals surface area contributed by atoms with Crippen molar-refractivity contribution in [2.45, 2.75) is 19.8 Å². The first-order chi connectivity index (χ1) is 8.24. The molecule has 0 amide bonds. The van der Waals surface area contributed by atoms with Crippen molar-refractivity contribution in [1.29, 1.82) is 0 Å². The van der Waals surface area contributed by atoms with E-state index in [9.17, 15) is 4.39 Å². The van der Waals surface area contributed by atoms with Gasteiger partial charge in [0.1, 0.15) is 5.82 Å². The van der Waals surface area contributed by atoms with Gasteiger partial charge >= 0.3 is 0 Å². The van der Waals surface area contributed by atoms with E-state index in [1.54, 1.807) is 12.1 Å². The topological polar surface area (TPSA) is 28.2 Å². The highest BCUT2D eigenvalue weighted by Crippen LogP contribution is 2.11. The minimum Gasteiger partial charge on any atom is -0.370 e. The van der Waals surface area contributed by atoms with Crippen LogP contribution in [0, 0.1) is 11.9 Å². The minimum atomic E-state index is -0.429. The molecule has 1 fully saturated rings. The van der Waals surface area contributed by atoms with Crippen LogP contribution in [0.1, 0.15) is 19.8 Å². The summed E-state index contributed by atoms with van der Waals surface area (Å²) in [6.07, 6.45) is 2.65. The molecule has 1 N–H and O–H groups in total. The summed E-state index contributed by atoms with van der Waals surface area (Å²) < 4.78 is 12.9. The van der Waals surface area contributed by atoms with Crippen molar-refractivity contribution in [3.63, 3.8) is 0 Å². The smallest absolute Gasteiger partial charge is 0.214 e. The van der Waals surface area contributed by atoms with Crippen LogP contribution in [-0.4, -0.2) is 36.1 Å². The van der Waals surface area contributed by atoms with Gasteiger partial charge in [-0.3, -0.25) is 0 Å². The second-order valence-corrected chi connectivity index (χ2v) is 4.84. The lowest BCUT2D eigenvalue weighted by atomic mass is 10.1. The molecule has 94 valence electrons. The lowest BCUT2D eigenvalue weighted by Crippen LogP contribution is -2.29. The average molecular weight is 237 g/mol. The molecule has 0 bridgehead atoms. The van der Waals surface area contributed by atoms with E-state index in [-0.39, 0.29) is 0 Å². The fourth-order valence-electron chi connectivity index (χ4n) is 2.26. The first-order valence-corrected chi connectivity index (χ1v) is 6.33. The van der Waals surface area contributed by atoms with Gasteiger partial charge in [-0.25, -0.2) is 4.98 Å². The van der Waals surface area contributed by atoms with Crippen LogP contribution in [0.25, 0.3) is 0 Å². The summed E-state index contributed by atoms with van der Waals surface area (Å²) in [5.74, 6) is 0.749. The second kappa shape index (κ2) is 5.96. The molecule has 3 nitrogen and oxygen atoms in total. The Morgan fingerprint density at radius 3 is 2.88 bits per heavy atom. The van der Waals surface area contributed by atoms with Gasteiger partial charge in [-0.2, -0.15) is 4.39 Å². The molecule has 1 atom stereocenters. The summed E-state index contributed by atoms with van der Waals surface area (Å²) in [6, 6.07) is 4.83. The summed E-state index contributed by atoms with van der Waals surface area (Å²) in [6.45, 7) is 6.62. The van der Waals surface area contributed by atoms with Gasteiger partial charge in [-0.1, -0.05) is 13.0 Å². The quantitative estimate of drug-likeness (QED) is 0.797. The predicted octanol–water partition coefficient (Wildman–Crippen LogP) is 2.36. The highest BCUT2D eigenvalue weighted by atomic mass is 19.1. The Hall–Kier alpha value is -1.16. The SMILES string of the molecule is CC(CNc1cccc(F)n1)CN1CCCC1. The number of halogens is 1. The van der Waals surface area contributed by atoms with E-state index in [0.29, 0.717) is 11.7 Å². The van der Waals surface area contributed by atoms with Crippen molar-refractivity contribution in [3.8, 4) is 0 Å². The molecule has 1 aromatic rings. The van der Waals surface area contributed by atoms with Crippen molar-refractivity contribution in [3.05, 3.63) is 24.1 Å². The van der Waals surface area contributed by atoms with Gasteiger partial charge < -0.3 is 10.2 Å². The molecule has 1 aliphatic rings. The Labute approximate surface area is 102 Å². The maximum Gasteiger partial charge on any atom is 0.214 e.